The third kappa shape index (κ3) is 5.61. The number of carbonyl (C=O) groups is 2. The van der Waals surface area contributed by atoms with Crippen LogP contribution in [0.3, 0.4) is 0 Å². The third-order valence-electron chi connectivity index (χ3n) is 4.69. The number of hydrogen-bond acceptors (Lipinski definition) is 6. The fourth-order valence-corrected chi connectivity index (χ4v) is 5.11. The smallest absolute Gasteiger partial charge is 0.347 e. The summed E-state index contributed by atoms with van der Waals surface area (Å²) in [5, 5.41) is 0.563. The zero-order valence-corrected chi connectivity index (χ0v) is 18.0. The summed E-state index contributed by atoms with van der Waals surface area (Å²) < 4.78 is 34.3. The Morgan fingerprint density at radius 2 is 1.96 bits per heavy atom. The van der Waals surface area contributed by atoms with Gasteiger partial charge in [-0.15, -0.1) is 0 Å². The van der Waals surface area contributed by atoms with E-state index in [9.17, 15) is 18.0 Å². The SMILES string of the molecule is CCN(C(=O)C(C)OC(=O)C(C)Oc1ccc(Cl)cc1C)C1CCS(=O)(=O)C1. The Kier molecular flexibility index (Phi) is 7.33. The van der Waals surface area contributed by atoms with Gasteiger partial charge in [-0.3, -0.25) is 4.79 Å². The molecule has 0 saturated carbocycles. The molecule has 3 atom stereocenters. The summed E-state index contributed by atoms with van der Waals surface area (Å²) in [4.78, 5) is 26.5. The standard InChI is InChI=1S/C19H26ClNO6S/c1-5-21(16-8-9-28(24,25)11-16)18(22)13(3)27-19(23)14(4)26-17-7-6-15(20)10-12(17)2/h6-7,10,13-14,16H,5,8-9,11H2,1-4H3. The maximum Gasteiger partial charge on any atom is 0.347 e. The number of benzene rings is 1. The molecule has 156 valence electrons. The van der Waals surface area contributed by atoms with Crippen LogP contribution in [0, 0.1) is 6.92 Å². The largest absolute Gasteiger partial charge is 0.479 e. The van der Waals surface area contributed by atoms with Crippen molar-refractivity contribution in [3.05, 3.63) is 28.8 Å². The molecule has 1 aliphatic rings. The van der Waals surface area contributed by atoms with Crippen LogP contribution in [0.4, 0.5) is 0 Å². The molecular weight excluding hydrogens is 406 g/mol. The van der Waals surface area contributed by atoms with Crippen LogP contribution in [0.2, 0.25) is 5.02 Å². The summed E-state index contributed by atoms with van der Waals surface area (Å²) in [7, 11) is -3.12. The summed E-state index contributed by atoms with van der Waals surface area (Å²) in [5.41, 5.74) is 0.774. The zero-order chi connectivity index (χ0) is 21.1. The minimum Gasteiger partial charge on any atom is -0.479 e. The van der Waals surface area contributed by atoms with Crippen molar-refractivity contribution in [1.82, 2.24) is 4.90 Å². The summed E-state index contributed by atoms with van der Waals surface area (Å²) in [6.07, 6.45) is -1.55. The van der Waals surface area contributed by atoms with Gasteiger partial charge in [-0.25, -0.2) is 13.2 Å². The molecule has 1 aromatic carbocycles. The zero-order valence-electron chi connectivity index (χ0n) is 16.5. The minimum absolute atomic E-state index is 0.0530. The lowest BCUT2D eigenvalue weighted by Crippen LogP contribution is -2.47. The molecule has 28 heavy (non-hydrogen) atoms. The van der Waals surface area contributed by atoms with Gasteiger partial charge in [0.2, 0.25) is 0 Å². The maximum absolute atomic E-state index is 12.7. The van der Waals surface area contributed by atoms with Gasteiger partial charge >= 0.3 is 5.97 Å². The molecule has 7 nitrogen and oxygen atoms in total. The molecule has 1 amide bonds. The molecule has 0 N–H and O–H groups in total. The molecule has 2 rings (SSSR count). The van der Waals surface area contributed by atoms with Crippen LogP contribution >= 0.6 is 11.6 Å². The van der Waals surface area contributed by atoms with Crippen molar-refractivity contribution in [3.63, 3.8) is 0 Å². The number of esters is 1. The second-order valence-electron chi connectivity index (χ2n) is 6.93. The molecule has 0 bridgehead atoms. The number of hydrogen-bond donors (Lipinski definition) is 0. The number of halogens is 1. The molecular formula is C19H26ClNO6S. The Morgan fingerprint density at radius 3 is 2.50 bits per heavy atom. The lowest BCUT2D eigenvalue weighted by Gasteiger charge is -2.29. The molecule has 1 saturated heterocycles. The molecule has 3 unspecified atom stereocenters. The lowest BCUT2D eigenvalue weighted by atomic mass is 10.2. The van der Waals surface area contributed by atoms with Crippen LogP contribution in [-0.4, -0.2) is 61.5 Å². The van der Waals surface area contributed by atoms with E-state index < -0.39 is 33.9 Å². The van der Waals surface area contributed by atoms with Crippen molar-refractivity contribution in [2.24, 2.45) is 0 Å². The van der Waals surface area contributed by atoms with E-state index in [0.29, 0.717) is 23.7 Å². The van der Waals surface area contributed by atoms with Gasteiger partial charge in [0.15, 0.2) is 22.0 Å². The van der Waals surface area contributed by atoms with Crippen LogP contribution in [0.15, 0.2) is 18.2 Å². The number of sulfone groups is 1. The molecule has 0 aliphatic carbocycles. The number of nitrogens with zero attached hydrogens (tertiary/aromatic N) is 1. The van der Waals surface area contributed by atoms with E-state index >= 15 is 0 Å². The van der Waals surface area contributed by atoms with Crippen LogP contribution < -0.4 is 4.74 Å². The summed E-state index contributed by atoms with van der Waals surface area (Å²) >= 11 is 5.91. The third-order valence-corrected chi connectivity index (χ3v) is 6.67. The summed E-state index contributed by atoms with van der Waals surface area (Å²) in [5.74, 6) is -0.568. The highest BCUT2D eigenvalue weighted by atomic mass is 35.5. The summed E-state index contributed by atoms with van der Waals surface area (Å²) in [6, 6.07) is 4.66. The number of ether oxygens (including phenoxy) is 2. The topological polar surface area (TPSA) is 90.0 Å². The second-order valence-corrected chi connectivity index (χ2v) is 9.60. The maximum atomic E-state index is 12.7. The first-order chi connectivity index (χ1) is 13.0. The molecule has 1 fully saturated rings. The van der Waals surface area contributed by atoms with Gasteiger partial charge in [0.25, 0.3) is 5.91 Å². The van der Waals surface area contributed by atoms with Gasteiger partial charge in [-0.2, -0.15) is 0 Å². The predicted octanol–water partition coefficient (Wildman–Crippen LogP) is 2.38. The van der Waals surface area contributed by atoms with Crippen molar-refractivity contribution >= 4 is 33.3 Å². The quantitative estimate of drug-likeness (QED) is 0.616. The van der Waals surface area contributed by atoms with E-state index in [-0.39, 0.29) is 17.5 Å². The van der Waals surface area contributed by atoms with Gasteiger partial charge in [-0.05, 0) is 57.9 Å². The average Bonchev–Trinajstić information content (AvgIpc) is 2.97. The van der Waals surface area contributed by atoms with E-state index in [1.807, 2.05) is 0 Å². The van der Waals surface area contributed by atoms with Crippen LogP contribution in [0.25, 0.3) is 0 Å². The van der Waals surface area contributed by atoms with Crippen molar-refractivity contribution in [2.75, 3.05) is 18.1 Å². The first kappa shape index (κ1) is 22.5. The van der Waals surface area contributed by atoms with E-state index in [4.69, 9.17) is 21.1 Å². The van der Waals surface area contributed by atoms with Crippen molar-refractivity contribution < 1.29 is 27.5 Å². The predicted molar refractivity (Wildman–Crippen MR) is 106 cm³/mol. The highest BCUT2D eigenvalue weighted by Crippen LogP contribution is 2.23. The van der Waals surface area contributed by atoms with E-state index in [0.717, 1.165) is 5.56 Å². The average molecular weight is 432 g/mol. The highest BCUT2D eigenvalue weighted by molar-refractivity contribution is 7.91. The van der Waals surface area contributed by atoms with Crippen LogP contribution in [0.5, 0.6) is 5.75 Å². The van der Waals surface area contributed by atoms with E-state index in [1.165, 1.54) is 18.7 Å². The van der Waals surface area contributed by atoms with Gasteiger partial charge in [0.1, 0.15) is 5.75 Å². The fourth-order valence-electron chi connectivity index (χ4n) is 3.15. The molecule has 0 spiro atoms. The van der Waals surface area contributed by atoms with Crippen LogP contribution in [-0.2, 0) is 24.2 Å². The molecule has 0 radical (unpaired) electrons. The first-order valence-electron chi connectivity index (χ1n) is 9.18. The number of aryl methyl sites for hydroxylation is 1. The van der Waals surface area contributed by atoms with Gasteiger partial charge < -0.3 is 14.4 Å². The van der Waals surface area contributed by atoms with E-state index in [1.54, 1.807) is 32.0 Å². The lowest BCUT2D eigenvalue weighted by molar-refractivity contribution is -0.165. The Labute approximate surface area is 170 Å². The minimum atomic E-state index is -3.12. The van der Waals surface area contributed by atoms with E-state index in [2.05, 4.69) is 0 Å². The monoisotopic (exact) mass is 431 g/mol. The molecule has 1 aromatic rings. The van der Waals surface area contributed by atoms with Gasteiger partial charge in [0.05, 0.1) is 11.5 Å². The van der Waals surface area contributed by atoms with Gasteiger partial charge in [-0.1, -0.05) is 11.6 Å². The van der Waals surface area contributed by atoms with Crippen molar-refractivity contribution in [2.45, 2.75) is 52.4 Å². The Balaban J connectivity index is 1.97. The number of amides is 1. The number of rotatable bonds is 7. The normalized spacial score (nSPS) is 20.2. The van der Waals surface area contributed by atoms with Crippen molar-refractivity contribution in [1.29, 1.82) is 0 Å². The number of likely N-dealkylation sites (N-methyl/N-ethyl adjacent to an activating group) is 1. The van der Waals surface area contributed by atoms with Gasteiger partial charge in [0, 0.05) is 17.6 Å². The first-order valence-corrected chi connectivity index (χ1v) is 11.4. The van der Waals surface area contributed by atoms with Crippen LogP contribution in [0.1, 0.15) is 32.8 Å². The number of carbonyl (C=O) groups excluding carboxylic acids is 2. The molecule has 0 aromatic heterocycles. The highest BCUT2D eigenvalue weighted by Gasteiger charge is 2.36. The molecule has 9 heteroatoms. The Bertz CT molecular complexity index is 841. The fraction of sp³-hybridized carbons (Fsp3) is 0.579. The molecule has 1 aliphatic heterocycles. The summed E-state index contributed by atoms with van der Waals surface area (Å²) in [6.45, 7) is 6.94. The Hall–Kier alpha value is -1.80. The Morgan fingerprint density at radius 1 is 1.29 bits per heavy atom. The second kappa shape index (κ2) is 9.13. The molecule has 1 heterocycles. The van der Waals surface area contributed by atoms with Crippen molar-refractivity contribution in [3.8, 4) is 5.75 Å².